The predicted molar refractivity (Wildman–Crippen MR) is 70.1 cm³/mol. The van der Waals surface area contributed by atoms with Crippen molar-refractivity contribution in [3.8, 4) is 0 Å². The molecule has 1 aromatic rings. The molecule has 0 aliphatic heterocycles. The van der Waals surface area contributed by atoms with E-state index in [1.54, 1.807) is 4.68 Å². The van der Waals surface area contributed by atoms with Gasteiger partial charge < -0.3 is 0 Å². The van der Waals surface area contributed by atoms with Gasteiger partial charge in [0.1, 0.15) is 0 Å². The molecule has 6 heteroatoms. The Morgan fingerprint density at radius 1 is 1.32 bits per heavy atom. The Morgan fingerprint density at radius 3 is 2.42 bits per heavy atom. The molecule has 6 nitrogen and oxygen atoms in total. The lowest BCUT2D eigenvalue weighted by Crippen LogP contribution is -2.44. The van der Waals surface area contributed by atoms with Crippen LogP contribution in [0.5, 0.6) is 0 Å². The van der Waals surface area contributed by atoms with Crippen LogP contribution in [0.15, 0.2) is 0 Å². The van der Waals surface area contributed by atoms with Gasteiger partial charge in [-0.05, 0) is 33.6 Å². The van der Waals surface area contributed by atoms with Gasteiger partial charge in [-0.25, -0.2) is 0 Å². The van der Waals surface area contributed by atoms with Gasteiger partial charge in [0.2, 0.25) is 11.8 Å². The van der Waals surface area contributed by atoms with Gasteiger partial charge in [0.15, 0.2) is 0 Å². The standard InChI is InChI=1S/C13H20N4O2/c1-7(11-8(2)16-17(4)9(11)3)12(18)14-15-13(19)10-5-6-10/h7,10H,5-6H2,1-4H3,(H,14,18)(H,15,19)/t7-/m1/s1. The molecular formula is C13H20N4O2. The van der Waals surface area contributed by atoms with Crippen molar-refractivity contribution in [2.24, 2.45) is 13.0 Å². The lowest BCUT2D eigenvalue weighted by atomic mass is 9.98. The van der Waals surface area contributed by atoms with Crippen LogP contribution < -0.4 is 10.9 Å². The Kier molecular flexibility index (Phi) is 3.59. The summed E-state index contributed by atoms with van der Waals surface area (Å²) in [4.78, 5) is 23.5. The Bertz CT molecular complexity index is 517. The average molecular weight is 264 g/mol. The molecule has 0 spiro atoms. The van der Waals surface area contributed by atoms with Gasteiger partial charge in [0.05, 0.1) is 11.6 Å². The molecule has 1 aromatic heterocycles. The van der Waals surface area contributed by atoms with Crippen LogP contribution in [0.4, 0.5) is 0 Å². The predicted octanol–water partition coefficient (Wildman–Crippen LogP) is 0.698. The van der Waals surface area contributed by atoms with Crippen LogP contribution in [0, 0.1) is 19.8 Å². The molecule has 19 heavy (non-hydrogen) atoms. The molecule has 1 fully saturated rings. The Hall–Kier alpha value is -1.85. The van der Waals surface area contributed by atoms with E-state index in [2.05, 4.69) is 16.0 Å². The van der Waals surface area contributed by atoms with Crippen LogP contribution in [-0.2, 0) is 16.6 Å². The third-order valence-corrected chi connectivity index (χ3v) is 3.65. The van der Waals surface area contributed by atoms with E-state index in [0.29, 0.717) is 0 Å². The molecule has 0 unspecified atom stereocenters. The van der Waals surface area contributed by atoms with Crippen molar-refractivity contribution in [1.82, 2.24) is 20.6 Å². The highest BCUT2D eigenvalue weighted by atomic mass is 16.2. The number of hydrazine groups is 1. The summed E-state index contributed by atoms with van der Waals surface area (Å²) < 4.78 is 1.76. The largest absolute Gasteiger partial charge is 0.273 e. The van der Waals surface area contributed by atoms with Gasteiger partial charge >= 0.3 is 0 Å². The number of aryl methyl sites for hydroxylation is 2. The topological polar surface area (TPSA) is 76.0 Å². The minimum atomic E-state index is -0.340. The molecule has 1 saturated carbocycles. The average Bonchev–Trinajstić information content (AvgIpc) is 3.15. The zero-order valence-corrected chi connectivity index (χ0v) is 11.8. The molecule has 2 N–H and O–H groups in total. The second-order valence-corrected chi connectivity index (χ2v) is 5.18. The zero-order valence-electron chi connectivity index (χ0n) is 11.8. The summed E-state index contributed by atoms with van der Waals surface area (Å²) in [7, 11) is 1.85. The molecule has 0 bridgehead atoms. The first kappa shape index (κ1) is 13.6. The first-order valence-corrected chi connectivity index (χ1v) is 6.51. The number of carbonyl (C=O) groups is 2. The number of nitrogens with zero attached hydrogens (tertiary/aromatic N) is 2. The molecule has 2 rings (SSSR count). The SMILES string of the molecule is Cc1nn(C)c(C)c1[C@@H](C)C(=O)NNC(=O)C1CC1. The van der Waals surface area contributed by atoms with Crippen molar-refractivity contribution < 1.29 is 9.59 Å². The van der Waals surface area contributed by atoms with E-state index < -0.39 is 0 Å². The zero-order chi connectivity index (χ0) is 14.2. The van der Waals surface area contributed by atoms with Gasteiger partial charge in [-0.15, -0.1) is 0 Å². The minimum Gasteiger partial charge on any atom is -0.273 e. The number of hydrogen-bond acceptors (Lipinski definition) is 3. The lowest BCUT2D eigenvalue weighted by Gasteiger charge is -2.13. The summed E-state index contributed by atoms with van der Waals surface area (Å²) in [5, 5.41) is 4.30. The maximum Gasteiger partial charge on any atom is 0.245 e. The van der Waals surface area contributed by atoms with Crippen molar-refractivity contribution in [1.29, 1.82) is 0 Å². The van der Waals surface area contributed by atoms with Crippen molar-refractivity contribution >= 4 is 11.8 Å². The number of nitrogens with one attached hydrogen (secondary N) is 2. The van der Waals surface area contributed by atoms with Gasteiger partial charge in [-0.3, -0.25) is 25.1 Å². The number of aromatic nitrogens is 2. The van der Waals surface area contributed by atoms with Crippen molar-refractivity contribution in [2.45, 2.75) is 39.5 Å². The first-order chi connectivity index (χ1) is 8.91. The van der Waals surface area contributed by atoms with Crippen LogP contribution in [0.2, 0.25) is 0 Å². The smallest absolute Gasteiger partial charge is 0.245 e. The van der Waals surface area contributed by atoms with E-state index in [0.717, 1.165) is 29.8 Å². The fourth-order valence-electron chi connectivity index (χ4n) is 2.23. The Balaban J connectivity index is 1.99. The van der Waals surface area contributed by atoms with Crippen LogP contribution in [0.3, 0.4) is 0 Å². The van der Waals surface area contributed by atoms with E-state index >= 15 is 0 Å². The van der Waals surface area contributed by atoms with Gasteiger partial charge in [-0.1, -0.05) is 0 Å². The quantitative estimate of drug-likeness (QED) is 0.789. The summed E-state index contributed by atoms with van der Waals surface area (Å²) >= 11 is 0. The second-order valence-electron chi connectivity index (χ2n) is 5.18. The van der Waals surface area contributed by atoms with Gasteiger partial charge in [0.25, 0.3) is 0 Å². The molecule has 1 heterocycles. The van der Waals surface area contributed by atoms with Gasteiger partial charge in [-0.2, -0.15) is 5.10 Å². The van der Waals surface area contributed by atoms with E-state index in [9.17, 15) is 9.59 Å². The van der Waals surface area contributed by atoms with E-state index in [1.807, 2.05) is 27.8 Å². The maximum atomic E-state index is 12.0. The van der Waals surface area contributed by atoms with Crippen molar-refractivity contribution in [2.75, 3.05) is 0 Å². The molecule has 0 saturated heterocycles. The van der Waals surface area contributed by atoms with Crippen molar-refractivity contribution in [3.05, 3.63) is 17.0 Å². The normalized spacial score (nSPS) is 16.0. The Morgan fingerprint density at radius 2 is 1.95 bits per heavy atom. The molecule has 2 amide bonds. The maximum absolute atomic E-state index is 12.0. The van der Waals surface area contributed by atoms with Crippen LogP contribution in [-0.4, -0.2) is 21.6 Å². The highest BCUT2D eigenvalue weighted by Gasteiger charge is 2.30. The summed E-state index contributed by atoms with van der Waals surface area (Å²) in [6, 6.07) is 0. The van der Waals surface area contributed by atoms with Crippen LogP contribution in [0.1, 0.15) is 42.6 Å². The molecule has 104 valence electrons. The van der Waals surface area contributed by atoms with Crippen molar-refractivity contribution in [3.63, 3.8) is 0 Å². The fourth-order valence-corrected chi connectivity index (χ4v) is 2.23. The summed E-state index contributed by atoms with van der Waals surface area (Å²) in [5.41, 5.74) is 7.69. The van der Waals surface area contributed by atoms with Gasteiger partial charge in [0, 0.05) is 24.2 Å². The highest BCUT2D eigenvalue weighted by molar-refractivity contribution is 5.87. The number of hydrogen-bond donors (Lipinski definition) is 2. The number of rotatable bonds is 3. The molecule has 0 radical (unpaired) electrons. The fraction of sp³-hybridized carbons (Fsp3) is 0.615. The third kappa shape index (κ3) is 2.77. The lowest BCUT2D eigenvalue weighted by molar-refractivity contribution is -0.130. The van der Waals surface area contributed by atoms with Crippen LogP contribution in [0.25, 0.3) is 0 Å². The monoisotopic (exact) mass is 264 g/mol. The Labute approximate surface area is 112 Å². The summed E-state index contributed by atoms with van der Waals surface area (Å²) in [5.74, 6) is -0.570. The van der Waals surface area contributed by atoms with E-state index in [1.165, 1.54) is 0 Å². The summed E-state index contributed by atoms with van der Waals surface area (Å²) in [6.07, 6.45) is 1.83. The van der Waals surface area contributed by atoms with E-state index in [-0.39, 0.29) is 23.7 Å². The highest BCUT2D eigenvalue weighted by Crippen LogP contribution is 2.28. The second kappa shape index (κ2) is 5.03. The summed E-state index contributed by atoms with van der Waals surface area (Å²) in [6.45, 7) is 5.63. The molecule has 1 aliphatic carbocycles. The third-order valence-electron chi connectivity index (χ3n) is 3.65. The molecule has 1 atom stereocenters. The van der Waals surface area contributed by atoms with E-state index in [4.69, 9.17) is 0 Å². The minimum absolute atomic E-state index is 0.0810. The number of amides is 2. The molecular weight excluding hydrogens is 244 g/mol. The number of carbonyl (C=O) groups excluding carboxylic acids is 2. The molecule has 1 aliphatic rings. The van der Waals surface area contributed by atoms with Crippen LogP contribution >= 0.6 is 0 Å². The first-order valence-electron chi connectivity index (χ1n) is 6.51. The molecule has 0 aromatic carbocycles.